The maximum absolute atomic E-state index is 12.7. The number of carbonyl (C=O) groups excluding carboxylic acids is 2. The van der Waals surface area contributed by atoms with Crippen molar-refractivity contribution >= 4 is 29.3 Å². The van der Waals surface area contributed by atoms with E-state index in [9.17, 15) is 9.59 Å². The molecule has 1 aromatic heterocycles. The van der Waals surface area contributed by atoms with E-state index < -0.39 is 5.97 Å². The fourth-order valence-corrected chi connectivity index (χ4v) is 4.52. The monoisotopic (exact) mass is 530 g/mol. The first-order valence-corrected chi connectivity index (χ1v) is 13.0. The number of thioether (sulfide) groups is 1. The molecule has 0 aliphatic carbocycles. The molecule has 196 valence electrons. The first-order valence-electron chi connectivity index (χ1n) is 12.0. The lowest BCUT2D eigenvalue weighted by molar-refractivity contribution is -0.113. The van der Waals surface area contributed by atoms with E-state index in [1.165, 1.54) is 24.4 Å². The third kappa shape index (κ3) is 6.23. The zero-order chi connectivity index (χ0) is 27.3. The van der Waals surface area contributed by atoms with Gasteiger partial charge in [-0.1, -0.05) is 56.8 Å². The highest BCUT2D eigenvalue weighted by Crippen LogP contribution is 2.31. The zero-order valence-corrected chi connectivity index (χ0v) is 22.8. The highest BCUT2D eigenvalue weighted by molar-refractivity contribution is 7.99. The summed E-state index contributed by atoms with van der Waals surface area (Å²) in [5, 5.41) is 12.3. The summed E-state index contributed by atoms with van der Waals surface area (Å²) in [7, 11) is 2.95. The molecular weight excluding hydrogens is 500 g/mol. The van der Waals surface area contributed by atoms with Crippen LogP contribution in [0.1, 0.15) is 36.7 Å². The van der Waals surface area contributed by atoms with Gasteiger partial charge in [0.05, 0.1) is 25.5 Å². The minimum atomic E-state index is -0.430. The van der Waals surface area contributed by atoms with Crippen molar-refractivity contribution in [3.05, 3.63) is 83.9 Å². The summed E-state index contributed by atoms with van der Waals surface area (Å²) in [6.07, 6.45) is 0. The minimum absolute atomic E-state index is 0.0379. The van der Waals surface area contributed by atoms with E-state index in [-0.39, 0.29) is 17.1 Å². The molecule has 4 aromatic rings. The molecular formula is C29H30N4O4S. The van der Waals surface area contributed by atoms with Crippen molar-refractivity contribution in [3.8, 4) is 22.8 Å². The average molecular weight is 531 g/mol. The van der Waals surface area contributed by atoms with Gasteiger partial charge in [0.1, 0.15) is 5.75 Å². The largest absolute Gasteiger partial charge is 0.497 e. The van der Waals surface area contributed by atoms with Crippen molar-refractivity contribution in [1.82, 2.24) is 14.8 Å². The molecule has 8 nitrogen and oxygen atoms in total. The predicted octanol–water partition coefficient (Wildman–Crippen LogP) is 5.76. The minimum Gasteiger partial charge on any atom is -0.497 e. The van der Waals surface area contributed by atoms with Crippen LogP contribution in [0.25, 0.3) is 17.1 Å². The van der Waals surface area contributed by atoms with E-state index in [1.54, 1.807) is 31.4 Å². The van der Waals surface area contributed by atoms with Crippen LogP contribution < -0.4 is 10.1 Å². The summed E-state index contributed by atoms with van der Waals surface area (Å²) in [4.78, 5) is 24.3. The number of anilines is 1. The molecule has 0 atom stereocenters. The third-order valence-electron chi connectivity index (χ3n) is 5.90. The highest BCUT2D eigenvalue weighted by atomic mass is 32.2. The first-order chi connectivity index (χ1) is 18.2. The van der Waals surface area contributed by atoms with E-state index in [4.69, 9.17) is 9.47 Å². The molecule has 0 radical (unpaired) electrons. The molecule has 4 rings (SSSR count). The van der Waals surface area contributed by atoms with Gasteiger partial charge in [-0.2, -0.15) is 0 Å². The predicted molar refractivity (Wildman–Crippen MR) is 149 cm³/mol. The Morgan fingerprint density at radius 3 is 2.13 bits per heavy atom. The fraction of sp³-hybridized carbons (Fsp3) is 0.241. The Labute approximate surface area is 226 Å². The van der Waals surface area contributed by atoms with E-state index in [0.717, 1.165) is 17.0 Å². The van der Waals surface area contributed by atoms with Crippen molar-refractivity contribution in [3.63, 3.8) is 0 Å². The number of rotatable bonds is 8. The number of aromatic nitrogens is 3. The van der Waals surface area contributed by atoms with Gasteiger partial charge in [0.25, 0.3) is 0 Å². The van der Waals surface area contributed by atoms with Gasteiger partial charge in [0, 0.05) is 16.9 Å². The fourth-order valence-electron chi connectivity index (χ4n) is 3.77. The van der Waals surface area contributed by atoms with Crippen LogP contribution in [0.3, 0.4) is 0 Å². The Morgan fingerprint density at radius 1 is 0.895 bits per heavy atom. The number of esters is 1. The summed E-state index contributed by atoms with van der Waals surface area (Å²) in [6.45, 7) is 6.53. The number of methoxy groups -OCH3 is 2. The third-order valence-corrected chi connectivity index (χ3v) is 6.82. The second-order valence-corrected chi connectivity index (χ2v) is 10.5. The van der Waals surface area contributed by atoms with Crippen LogP contribution in [-0.4, -0.2) is 46.6 Å². The molecule has 0 fully saturated rings. The Morgan fingerprint density at radius 2 is 1.55 bits per heavy atom. The van der Waals surface area contributed by atoms with Crippen LogP contribution in [-0.2, 0) is 14.9 Å². The molecule has 0 bridgehead atoms. The van der Waals surface area contributed by atoms with Crippen molar-refractivity contribution in [2.45, 2.75) is 31.3 Å². The summed E-state index contributed by atoms with van der Waals surface area (Å²) >= 11 is 1.29. The van der Waals surface area contributed by atoms with Crippen molar-refractivity contribution in [1.29, 1.82) is 0 Å². The number of benzene rings is 3. The number of ether oxygens (including phenoxy) is 2. The van der Waals surface area contributed by atoms with E-state index in [0.29, 0.717) is 22.2 Å². The highest BCUT2D eigenvalue weighted by Gasteiger charge is 2.19. The number of hydrogen-bond donors (Lipinski definition) is 1. The van der Waals surface area contributed by atoms with Crippen LogP contribution >= 0.6 is 11.8 Å². The molecule has 0 unspecified atom stereocenters. The van der Waals surface area contributed by atoms with Gasteiger partial charge in [-0.25, -0.2) is 4.79 Å². The van der Waals surface area contributed by atoms with Gasteiger partial charge in [0.2, 0.25) is 5.91 Å². The Kier molecular flexibility index (Phi) is 8.16. The number of nitrogens with zero attached hydrogens (tertiary/aromatic N) is 3. The second-order valence-electron chi connectivity index (χ2n) is 9.57. The molecule has 0 aliphatic rings. The molecule has 0 saturated carbocycles. The Hall–Kier alpha value is -4.11. The number of carbonyl (C=O) groups is 2. The molecule has 1 amide bonds. The molecule has 3 aromatic carbocycles. The van der Waals surface area contributed by atoms with Crippen molar-refractivity contribution < 1.29 is 19.1 Å². The topological polar surface area (TPSA) is 95.3 Å². The van der Waals surface area contributed by atoms with Crippen LogP contribution in [0.15, 0.2) is 78.0 Å². The molecule has 0 spiro atoms. The standard InChI is InChI=1S/C29H30N4O4S/c1-29(2,3)21-10-6-19(7-11-21)26-31-32-28(33(26)23-14-16-24(36-4)17-15-23)38-18-25(34)30-22-12-8-20(9-13-22)27(35)37-5/h6-17H,18H2,1-5H3,(H,30,34). The van der Waals surface area contributed by atoms with Gasteiger partial charge in [-0.3, -0.25) is 9.36 Å². The van der Waals surface area contributed by atoms with Crippen LogP contribution in [0.2, 0.25) is 0 Å². The Bertz CT molecular complexity index is 1410. The van der Waals surface area contributed by atoms with Crippen LogP contribution in [0.4, 0.5) is 5.69 Å². The average Bonchev–Trinajstić information content (AvgIpc) is 3.35. The normalized spacial score (nSPS) is 11.2. The number of amides is 1. The van der Waals surface area contributed by atoms with Crippen LogP contribution in [0.5, 0.6) is 5.75 Å². The lowest BCUT2D eigenvalue weighted by atomic mass is 9.87. The number of nitrogens with one attached hydrogen (secondary N) is 1. The summed E-state index contributed by atoms with van der Waals surface area (Å²) in [5.41, 5.74) is 4.03. The van der Waals surface area contributed by atoms with Gasteiger partial charge in [0.15, 0.2) is 11.0 Å². The van der Waals surface area contributed by atoms with E-state index >= 15 is 0 Å². The smallest absolute Gasteiger partial charge is 0.337 e. The maximum Gasteiger partial charge on any atom is 0.337 e. The molecule has 0 aliphatic heterocycles. The van der Waals surface area contributed by atoms with Gasteiger partial charge >= 0.3 is 5.97 Å². The van der Waals surface area contributed by atoms with E-state index in [2.05, 4.69) is 48.4 Å². The Balaban J connectivity index is 1.57. The SMILES string of the molecule is COC(=O)c1ccc(NC(=O)CSc2nnc(-c3ccc(C(C)(C)C)cc3)n2-c2ccc(OC)cc2)cc1. The van der Waals surface area contributed by atoms with Crippen molar-refractivity contribution in [2.75, 3.05) is 25.3 Å². The molecule has 1 N–H and O–H groups in total. The summed E-state index contributed by atoms with van der Waals surface area (Å²) in [6, 6.07) is 22.4. The number of hydrogen-bond acceptors (Lipinski definition) is 7. The lowest BCUT2D eigenvalue weighted by Crippen LogP contribution is -2.14. The summed E-state index contributed by atoms with van der Waals surface area (Å²) < 4.78 is 12.0. The summed E-state index contributed by atoms with van der Waals surface area (Å²) in [5.74, 6) is 0.902. The zero-order valence-electron chi connectivity index (χ0n) is 22.0. The molecule has 9 heteroatoms. The molecule has 1 heterocycles. The van der Waals surface area contributed by atoms with Crippen LogP contribution in [0, 0.1) is 0 Å². The van der Waals surface area contributed by atoms with Crippen molar-refractivity contribution in [2.24, 2.45) is 0 Å². The van der Waals surface area contributed by atoms with E-state index in [1.807, 2.05) is 41.0 Å². The quantitative estimate of drug-likeness (QED) is 0.229. The maximum atomic E-state index is 12.7. The molecule has 0 saturated heterocycles. The van der Waals surface area contributed by atoms with Gasteiger partial charge in [-0.05, 0) is 59.5 Å². The van der Waals surface area contributed by atoms with Gasteiger partial charge in [-0.15, -0.1) is 10.2 Å². The first kappa shape index (κ1) is 26.9. The van der Waals surface area contributed by atoms with Gasteiger partial charge < -0.3 is 14.8 Å². The molecule has 38 heavy (non-hydrogen) atoms. The lowest BCUT2D eigenvalue weighted by Gasteiger charge is -2.19. The second kappa shape index (κ2) is 11.5.